The molecule has 1 heterocycles. The van der Waals surface area contributed by atoms with Crippen LogP contribution >= 0.6 is 11.6 Å². The number of aliphatic hydroxyl groups is 1. The van der Waals surface area contributed by atoms with Gasteiger partial charge in [0.2, 0.25) is 0 Å². The van der Waals surface area contributed by atoms with Crippen LogP contribution in [0.25, 0.3) is 6.08 Å². The van der Waals surface area contributed by atoms with Gasteiger partial charge >= 0.3 is 7.12 Å². The zero-order valence-electron chi connectivity index (χ0n) is 13.6. The monoisotopic (exact) mass is 324 g/mol. The van der Waals surface area contributed by atoms with E-state index < -0.39 is 18.3 Å². The molecule has 0 radical (unpaired) electrons. The topological polar surface area (TPSA) is 58.9 Å². The maximum atomic E-state index is 10.1. The molecular weight excluding hydrogens is 302 g/mol. The van der Waals surface area contributed by atoms with Crippen LogP contribution in [0, 0.1) is 6.92 Å². The molecule has 0 amide bonds. The smallest absolute Gasteiger partial charge is 0.492 e. The third-order valence-corrected chi connectivity index (χ3v) is 4.59. The van der Waals surface area contributed by atoms with Crippen molar-refractivity contribution in [3.05, 3.63) is 33.8 Å². The second-order valence-corrected chi connectivity index (χ2v) is 7.06. The van der Waals surface area contributed by atoms with Gasteiger partial charge in [0.05, 0.1) is 17.8 Å². The van der Waals surface area contributed by atoms with Gasteiger partial charge in [-0.25, -0.2) is 0 Å². The molecule has 0 atom stereocenters. The van der Waals surface area contributed by atoms with E-state index in [2.05, 4.69) is 0 Å². The molecule has 0 bridgehead atoms. The molecule has 1 saturated heterocycles. The van der Waals surface area contributed by atoms with Crippen LogP contribution in [-0.2, 0) is 9.31 Å². The molecule has 1 aromatic rings. The molecular formula is C16H22BClO4. The fourth-order valence-corrected chi connectivity index (χ4v) is 2.54. The van der Waals surface area contributed by atoms with E-state index in [1.165, 1.54) is 0 Å². The fourth-order valence-electron chi connectivity index (χ4n) is 2.25. The summed E-state index contributed by atoms with van der Waals surface area (Å²) in [6, 6.07) is 3.33. The number of halogens is 1. The Balaban J connectivity index is 2.38. The van der Waals surface area contributed by atoms with E-state index in [1.54, 1.807) is 25.1 Å². The summed E-state index contributed by atoms with van der Waals surface area (Å²) in [5.74, 6) is 0.131. The summed E-state index contributed by atoms with van der Waals surface area (Å²) in [6.07, 6.45) is 1.66. The van der Waals surface area contributed by atoms with Crippen molar-refractivity contribution in [2.45, 2.75) is 45.8 Å². The standard InChI is InChI=1S/C16H22BClO4/c1-10-6-13(18)8-11(14(10)20)7-12(9-19)17-21-15(2,3)16(4,5)22-17/h6-8,19-20H,9H2,1-5H3. The van der Waals surface area contributed by atoms with Crippen LogP contribution in [0.4, 0.5) is 0 Å². The zero-order chi connectivity index (χ0) is 16.7. The van der Waals surface area contributed by atoms with Gasteiger partial charge in [0.1, 0.15) is 5.75 Å². The molecule has 0 aliphatic carbocycles. The Morgan fingerprint density at radius 2 is 1.77 bits per heavy atom. The molecule has 1 aliphatic rings. The van der Waals surface area contributed by atoms with E-state index in [-0.39, 0.29) is 12.4 Å². The van der Waals surface area contributed by atoms with E-state index in [0.717, 1.165) is 0 Å². The molecule has 0 aromatic heterocycles. The lowest BCUT2D eigenvalue weighted by molar-refractivity contribution is 0.00578. The summed E-state index contributed by atoms with van der Waals surface area (Å²) in [6.45, 7) is 9.33. The van der Waals surface area contributed by atoms with E-state index in [4.69, 9.17) is 20.9 Å². The molecule has 1 aromatic carbocycles. The van der Waals surface area contributed by atoms with Crippen molar-refractivity contribution < 1.29 is 19.5 Å². The van der Waals surface area contributed by atoms with Crippen molar-refractivity contribution in [2.75, 3.05) is 6.61 Å². The fraction of sp³-hybridized carbons (Fsp3) is 0.500. The maximum absolute atomic E-state index is 10.1. The Morgan fingerprint density at radius 1 is 1.23 bits per heavy atom. The third-order valence-electron chi connectivity index (χ3n) is 4.37. The Hall–Kier alpha value is -1.01. The number of phenolic OH excluding ortho intramolecular Hbond substituents is 1. The lowest BCUT2D eigenvalue weighted by atomic mass is 9.77. The molecule has 0 saturated carbocycles. The predicted molar refractivity (Wildman–Crippen MR) is 89.0 cm³/mol. The minimum absolute atomic E-state index is 0.131. The first-order chi connectivity index (χ1) is 10.1. The Labute approximate surface area is 136 Å². The highest BCUT2D eigenvalue weighted by Crippen LogP contribution is 2.39. The average Bonchev–Trinajstić information content (AvgIpc) is 2.60. The summed E-state index contributed by atoms with van der Waals surface area (Å²) in [5, 5.41) is 20.3. The zero-order valence-corrected chi connectivity index (χ0v) is 14.4. The molecule has 22 heavy (non-hydrogen) atoms. The van der Waals surface area contributed by atoms with Gasteiger partial charge in [0.15, 0.2) is 0 Å². The SMILES string of the molecule is Cc1cc(Cl)cc(C=C(CO)B2OC(C)(C)C(C)(C)O2)c1O. The van der Waals surface area contributed by atoms with Crippen LogP contribution in [0.2, 0.25) is 5.02 Å². The second-order valence-electron chi connectivity index (χ2n) is 6.63. The number of rotatable bonds is 3. The molecule has 120 valence electrons. The van der Waals surface area contributed by atoms with Crippen LogP contribution in [0.3, 0.4) is 0 Å². The van der Waals surface area contributed by atoms with Gasteiger partial charge in [-0.3, -0.25) is 0 Å². The van der Waals surface area contributed by atoms with Crippen molar-refractivity contribution in [1.29, 1.82) is 0 Å². The Bertz CT molecular complexity index is 594. The molecule has 0 spiro atoms. The van der Waals surface area contributed by atoms with Crippen LogP contribution in [-0.4, -0.2) is 35.1 Å². The van der Waals surface area contributed by atoms with Crippen molar-refractivity contribution >= 4 is 24.8 Å². The maximum Gasteiger partial charge on any atom is 0.492 e. The van der Waals surface area contributed by atoms with Gasteiger partial charge in [-0.15, -0.1) is 0 Å². The van der Waals surface area contributed by atoms with Gasteiger partial charge in [0.25, 0.3) is 0 Å². The first-order valence-corrected chi connectivity index (χ1v) is 7.61. The minimum Gasteiger partial charge on any atom is -0.507 e. The molecule has 1 fully saturated rings. The number of aliphatic hydroxyl groups excluding tert-OH is 1. The summed E-state index contributed by atoms with van der Waals surface area (Å²) < 4.78 is 11.8. The summed E-state index contributed by atoms with van der Waals surface area (Å²) in [4.78, 5) is 0. The summed E-state index contributed by atoms with van der Waals surface area (Å²) in [7, 11) is -0.659. The van der Waals surface area contributed by atoms with Gasteiger partial charge in [-0.05, 0) is 57.8 Å². The van der Waals surface area contributed by atoms with Crippen molar-refractivity contribution in [2.24, 2.45) is 0 Å². The van der Waals surface area contributed by atoms with Gasteiger partial charge in [0, 0.05) is 10.6 Å². The van der Waals surface area contributed by atoms with E-state index in [1.807, 2.05) is 27.7 Å². The third kappa shape index (κ3) is 3.18. The number of aromatic hydroxyl groups is 1. The van der Waals surface area contributed by atoms with Crippen LogP contribution in [0.1, 0.15) is 38.8 Å². The largest absolute Gasteiger partial charge is 0.507 e. The molecule has 2 rings (SSSR count). The van der Waals surface area contributed by atoms with Crippen LogP contribution in [0.15, 0.2) is 17.6 Å². The van der Waals surface area contributed by atoms with Gasteiger partial charge < -0.3 is 19.5 Å². The quantitative estimate of drug-likeness (QED) is 0.837. The highest BCUT2D eigenvalue weighted by Gasteiger charge is 2.52. The molecule has 2 N–H and O–H groups in total. The Morgan fingerprint density at radius 3 is 2.27 bits per heavy atom. The van der Waals surface area contributed by atoms with E-state index in [9.17, 15) is 10.2 Å². The normalized spacial score (nSPS) is 20.5. The number of hydrogen-bond acceptors (Lipinski definition) is 4. The van der Waals surface area contributed by atoms with Gasteiger partial charge in [-0.1, -0.05) is 17.7 Å². The number of benzene rings is 1. The first kappa shape index (κ1) is 17.4. The van der Waals surface area contributed by atoms with Crippen molar-refractivity contribution in [3.63, 3.8) is 0 Å². The second kappa shape index (κ2) is 5.89. The lowest BCUT2D eigenvalue weighted by Crippen LogP contribution is -2.41. The van der Waals surface area contributed by atoms with E-state index in [0.29, 0.717) is 21.6 Å². The van der Waals surface area contributed by atoms with Gasteiger partial charge in [-0.2, -0.15) is 0 Å². The van der Waals surface area contributed by atoms with Crippen LogP contribution in [0.5, 0.6) is 5.75 Å². The molecule has 0 unspecified atom stereocenters. The lowest BCUT2D eigenvalue weighted by Gasteiger charge is -2.32. The molecule has 6 heteroatoms. The molecule has 1 aliphatic heterocycles. The van der Waals surface area contributed by atoms with E-state index >= 15 is 0 Å². The average molecular weight is 325 g/mol. The Kier molecular flexibility index (Phi) is 4.65. The predicted octanol–water partition coefficient (Wildman–Crippen LogP) is 3.36. The molecule has 4 nitrogen and oxygen atoms in total. The summed E-state index contributed by atoms with van der Waals surface area (Å²) >= 11 is 6.03. The minimum atomic E-state index is -0.659. The highest BCUT2D eigenvalue weighted by molar-refractivity contribution is 6.55. The highest BCUT2D eigenvalue weighted by atomic mass is 35.5. The van der Waals surface area contributed by atoms with Crippen LogP contribution < -0.4 is 0 Å². The number of hydrogen-bond donors (Lipinski definition) is 2. The summed E-state index contributed by atoms with van der Waals surface area (Å²) in [5.41, 5.74) is 0.764. The van der Waals surface area contributed by atoms with Crippen molar-refractivity contribution in [3.8, 4) is 5.75 Å². The number of phenols is 1. The first-order valence-electron chi connectivity index (χ1n) is 7.23. The number of aryl methyl sites for hydroxylation is 1. The van der Waals surface area contributed by atoms with Crippen molar-refractivity contribution in [1.82, 2.24) is 0 Å².